The third-order valence-electron chi connectivity index (χ3n) is 4.45. The van der Waals surface area contributed by atoms with Gasteiger partial charge in [-0.2, -0.15) is 0 Å². The van der Waals surface area contributed by atoms with Crippen LogP contribution in [0.2, 0.25) is 0 Å². The fourth-order valence-corrected chi connectivity index (χ4v) is 3.70. The number of nitrogens with one attached hydrogen (secondary N) is 1. The fraction of sp³-hybridized carbons (Fsp3) is 0.238. The summed E-state index contributed by atoms with van der Waals surface area (Å²) in [6, 6.07) is 13.8. The van der Waals surface area contributed by atoms with Gasteiger partial charge in [-0.05, 0) is 41.8 Å². The lowest BCUT2D eigenvalue weighted by molar-refractivity contribution is -0.113. The zero-order valence-corrected chi connectivity index (χ0v) is 16.4. The number of hydrogen-bond acceptors (Lipinski definition) is 5. The Morgan fingerprint density at radius 1 is 1.14 bits per heavy atom. The number of thioether (sulfide) groups is 1. The van der Waals surface area contributed by atoms with Gasteiger partial charge in [0, 0.05) is 24.6 Å². The zero-order chi connectivity index (χ0) is 19.3. The van der Waals surface area contributed by atoms with Crippen molar-refractivity contribution in [1.82, 2.24) is 9.55 Å². The summed E-state index contributed by atoms with van der Waals surface area (Å²) in [5.74, 6) is 1.79. The Balaban J connectivity index is 1.34. The lowest BCUT2D eigenvalue weighted by Crippen LogP contribution is -2.14. The van der Waals surface area contributed by atoms with E-state index in [9.17, 15) is 4.79 Å². The lowest BCUT2D eigenvalue weighted by Gasteiger charge is -2.09. The number of hydrogen-bond donors (Lipinski definition) is 1. The molecule has 1 N–H and O–H groups in total. The first-order valence-electron chi connectivity index (χ1n) is 9.12. The van der Waals surface area contributed by atoms with Crippen molar-refractivity contribution in [2.75, 3.05) is 17.9 Å². The van der Waals surface area contributed by atoms with Crippen LogP contribution in [0.15, 0.2) is 60.0 Å². The highest BCUT2D eigenvalue weighted by Gasteiger charge is 2.14. The fourth-order valence-electron chi connectivity index (χ4n) is 2.94. The van der Waals surface area contributed by atoms with Crippen LogP contribution in [0.3, 0.4) is 0 Å². The van der Waals surface area contributed by atoms with Gasteiger partial charge in [0.05, 0.1) is 5.75 Å². The summed E-state index contributed by atoms with van der Waals surface area (Å²) in [5.41, 5.74) is 3.15. The number of imidazole rings is 1. The summed E-state index contributed by atoms with van der Waals surface area (Å²) >= 11 is 1.42. The largest absolute Gasteiger partial charge is 0.454 e. The molecule has 2 heterocycles. The molecule has 0 saturated heterocycles. The molecular formula is C21H21N3O3S. The molecule has 1 aliphatic heterocycles. The van der Waals surface area contributed by atoms with Gasteiger partial charge in [-0.15, -0.1) is 0 Å². The highest BCUT2D eigenvalue weighted by molar-refractivity contribution is 7.99. The molecule has 0 unspecified atom stereocenters. The van der Waals surface area contributed by atoms with E-state index in [0.717, 1.165) is 34.3 Å². The van der Waals surface area contributed by atoms with Crippen molar-refractivity contribution in [2.24, 2.45) is 0 Å². The van der Waals surface area contributed by atoms with E-state index in [0.29, 0.717) is 12.3 Å². The van der Waals surface area contributed by atoms with E-state index in [1.54, 1.807) is 6.20 Å². The van der Waals surface area contributed by atoms with E-state index in [1.165, 1.54) is 17.3 Å². The number of aromatic nitrogens is 2. The smallest absolute Gasteiger partial charge is 0.234 e. The molecule has 1 aromatic heterocycles. The number of nitrogens with zero attached hydrogens (tertiary/aromatic N) is 2. The number of aryl methyl sites for hydroxylation is 1. The monoisotopic (exact) mass is 395 g/mol. The zero-order valence-electron chi connectivity index (χ0n) is 15.6. The summed E-state index contributed by atoms with van der Waals surface area (Å²) in [6.07, 6.45) is 4.64. The van der Waals surface area contributed by atoms with Crippen molar-refractivity contribution in [3.8, 4) is 11.5 Å². The first kappa shape index (κ1) is 18.4. The van der Waals surface area contributed by atoms with Crippen molar-refractivity contribution in [3.63, 3.8) is 0 Å². The van der Waals surface area contributed by atoms with Gasteiger partial charge < -0.3 is 19.4 Å². The van der Waals surface area contributed by atoms with Crippen LogP contribution in [0.1, 0.15) is 18.1 Å². The second kappa shape index (κ2) is 8.39. The molecule has 1 amide bonds. The molecule has 0 bridgehead atoms. The second-order valence-electron chi connectivity index (χ2n) is 6.41. The molecule has 0 aliphatic carbocycles. The van der Waals surface area contributed by atoms with Crippen LogP contribution in [0.5, 0.6) is 11.5 Å². The van der Waals surface area contributed by atoms with Crippen molar-refractivity contribution in [1.29, 1.82) is 0 Å². The van der Waals surface area contributed by atoms with Gasteiger partial charge in [-0.1, -0.05) is 36.9 Å². The predicted molar refractivity (Wildman–Crippen MR) is 109 cm³/mol. The van der Waals surface area contributed by atoms with Gasteiger partial charge in [-0.3, -0.25) is 4.79 Å². The normalized spacial score (nSPS) is 12.2. The number of amides is 1. The number of benzene rings is 2. The van der Waals surface area contributed by atoms with E-state index in [1.807, 2.05) is 53.2 Å². The summed E-state index contributed by atoms with van der Waals surface area (Å²) in [6.45, 7) is 3.02. The predicted octanol–water partition coefficient (Wildman–Crippen LogP) is 3.95. The Hall–Kier alpha value is -2.93. The van der Waals surface area contributed by atoms with Crippen LogP contribution in [-0.2, 0) is 17.8 Å². The Bertz CT molecular complexity index is 969. The van der Waals surface area contributed by atoms with Gasteiger partial charge in [-0.25, -0.2) is 4.98 Å². The third-order valence-corrected chi connectivity index (χ3v) is 5.45. The Labute approximate surface area is 167 Å². The number of rotatable bonds is 7. The first-order valence-corrected chi connectivity index (χ1v) is 10.1. The SMILES string of the molecule is CCc1ccc(NC(=O)CSc2nccn2Cc2ccc3c(c2)OCO3)cc1. The molecule has 3 aromatic rings. The third kappa shape index (κ3) is 4.31. The lowest BCUT2D eigenvalue weighted by atomic mass is 10.1. The number of carbonyl (C=O) groups is 1. The molecule has 7 heteroatoms. The first-order chi connectivity index (χ1) is 13.7. The number of fused-ring (bicyclic) bond motifs is 1. The molecule has 6 nitrogen and oxygen atoms in total. The quantitative estimate of drug-likeness (QED) is 0.614. The Morgan fingerprint density at radius 2 is 1.93 bits per heavy atom. The van der Waals surface area contributed by atoms with Crippen LogP contribution in [0.25, 0.3) is 0 Å². The average molecular weight is 395 g/mol. The van der Waals surface area contributed by atoms with Crippen LogP contribution in [0.4, 0.5) is 5.69 Å². The van der Waals surface area contributed by atoms with E-state index < -0.39 is 0 Å². The molecular weight excluding hydrogens is 374 g/mol. The molecule has 1 aliphatic rings. The summed E-state index contributed by atoms with van der Waals surface area (Å²) < 4.78 is 12.8. The van der Waals surface area contributed by atoms with Crippen LogP contribution in [-0.4, -0.2) is 28.0 Å². The molecule has 0 atom stereocenters. The van der Waals surface area contributed by atoms with Gasteiger partial charge >= 0.3 is 0 Å². The van der Waals surface area contributed by atoms with Crippen molar-refractivity contribution >= 4 is 23.4 Å². The minimum absolute atomic E-state index is 0.0492. The highest BCUT2D eigenvalue weighted by Crippen LogP contribution is 2.33. The number of carbonyl (C=O) groups excluding carboxylic acids is 1. The number of anilines is 1. The van der Waals surface area contributed by atoms with Crippen LogP contribution in [0, 0.1) is 0 Å². The standard InChI is InChI=1S/C21H21N3O3S/c1-2-15-3-6-17(7-4-15)23-20(25)13-28-21-22-9-10-24(21)12-16-5-8-18-19(11-16)27-14-26-18/h3-11H,2,12-14H2,1H3,(H,23,25). The van der Waals surface area contributed by atoms with Crippen molar-refractivity contribution in [3.05, 3.63) is 66.0 Å². The van der Waals surface area contributed by atoms with Crippen LogP contribution >= 0.6 is 11.8 Å². The van der Waals surface area contributed by atoms with Gasteiger partial charge in [0.25, 0.3) is 0 Å². The highest BCUT2D eigenvalue weighted by atomic mass is 32.2. The Kier molecular flexibility index (Phi) is 5.53. The van der Waals surface area contributed by atoms with Crippen molar-refractivity contribution in [2.45, 2.75) is 25.0 Å². The summed E-state index contributed by atoms with van der Waals surface area (Å²) in [4.78, 5) is 16.6. The van der Waals surface area contributed by atoms with Gasteiger partial charge in [0.2, 0.25) is 12.7 Å². The van der Waals surface area contributed by atoms with Gasteiger partial charge in [0.1, 0.15) is 0 Å². The maximum atomic E-state index is 12.3. The molecule has 2 aromatic carbocycles. The molecule has 28 heavy (non-hydrogen) atoms. The summed E-state index contributed by atoms with van der Waals surface area (Å²) in [7, 11) is 0. The topological polar surface area (TPSA) is 65.4 Å². The van der Waals surface area contributed by atoms with E-state index in [4.69, 9.17) is 9.47 Å². The van der Waals surface area contributed by atoms with Gasteiger partial charge in [0.15, 0.2) is 16.7 Å². The maximum Gasteiger partial charge on any atom is 0.234 e. The van der Waals surface area contributed by atoms with E-state index in [-0.39, 0.29) is 12.7 Å². The molecule has 0 saturated carbocycles. The Morgan fingerprint density at radius 3 is 2.75 bits per heavy atom. The second-order valence-corrected chi connectivity index (χ2v) is 7.36. The minimum Gasteiger partial charge on any atom is -0.454 e. The maximum absolute atomic E-state index is 12.3. The molecule has 0 radical (unpaired) electrons. The molecule has 0 fully saturated rings. The minimum atomic E-state index is -0.0492. The van der Waals surface area contributed by atoms with Crippen LogP contribution < -0.4 is 14.8 Å². The average Bonchev–Trinajstić information content (AvgIpc) is 3.36. The molecule has 0 spiro atoms. The van der Waals surface area contributed by atoms with Crippen molar-refractivity contribution < 1.29 is 14.3 Å². The summed E-state index contributed by atoms with van der Waals surface area (Å²) in [5, 5.41) is 3.73. The number of ether oxygens (including phenoxy) is 2. The van der Waals surface area contributed by atoms with E-state index >= 15 is 0 Å². The molecule has 144 valence electrons. The molecule has 4 rings (SSSR count). The van der Waals surface area contributed by atoms with E-state index in [2.05, 4.69) is 17.2 Å².